The minimum atomic E-state index is 0. The minimum absolute atomic E-state index is 0. The van der Waals surface area contributed by atoms with Gasteiger partial charge in [0.25, 0.3) is 0 Å². The van der Waals surface area contributed by atoms with E-state index in [1.54, 1.807) is 0 Å². The Hall–Kier alpha value is 1.12. The molecule has 76 valence electrons. The Morgan fingerprint density at radius 2 is 2.15 bits per heavy atom. The summed E-state index contributed by atoms with van der Waals surface area (Å²) in [6.07, 6.45) is 8.70. The van der Waals surface area contributed by atoms with Crippen LogP contribution in [0.15, 0.2) is 17.7 Å². The van der Waals surface area contributed by atoms with Gasteiger partial charge >= 0.3 is 0 Å². The molecule has 0 radical (unpaired) electrons. The molecule has 1 atom stereocenters. The van der Waals surface area contributed by atoms with Crippen molar-refractivity contribution in [2.45, 2.75) is 25.5 Å². The summed E-state index contributed by atoms with van der Waals surface area (Å²) < 4.78 is 0. The molecule has 0 amide bonds. The number of halogens is 2. The van der Waals surface area contributed by atoms with E-state index in [0.29, 0.717) is 5.25 Å². The van der Waals surface area contributed by atoms with E-state index in [1.807, 2.05) is 11.8 Å². The summed E-state index contributed by atoms with van der Waals surface area (Å²) in [6.45, 7) is 4.44. The number of hydrogen-bond donors (Lipinski definition) is 0. The average molecular weight is 274 g/mol. The number of rotatable bonds is 3. The van der Waals surface area contributed by atoms with E-state index in [-0.39, 0.29) is 46.5 Å². The molecule has 0 nitrogen and oxygen atoms in total. The van der Waals surface area contributed by atoms with Gasteiger partial charge in [-0.2, -0.15) is 17.8 Å². The van der Waals surface area contributed by atoms with E-state index in [4.69, 9.17) is 0 Å². The summed E-state index contributed by atoms with van der Waals surface area (Å²) in [5, 5.41) is 0.642. The summed E-state index contributed by atoms with van der Waals surface area (Å²) in [5.74, 6) is 1.19. The quantitative estimate of drug-likeness (QED) is 0.559. The molecule has 0 N–H and O–H groups in total. The first-order valence-electron chi connectivity index (χ1n) is 3.73. The smallest absolute Gasteiger partial charge is 0 e. The van der Waals surface area contributed by atoms with Crippen LogP contribution in [0.25, 0.3) is 0 Å². The van der Waals surface area contributed by atoms with Crippen LogP contribution >= 0.6 is 36.6 Å². The van der Waals surface area contributed by atoms with Crippen LogP contribution in [-0.4, -0.2) is 11.0 Å². The Balaban J connectivity index is -0.000000333. The van der Waals surface area contributed by atoms with Crippen molar-refractivity contribution >= 4 is 36.6 Å². The van der Waals surface area contributed by atoms with Gasteiger partial charge < -0.3 is 0 Å². The second-order valence-corrected chi connectivity index (χ2v) is 3.95. The maximum atomic E-state index is 3.33. The van der Waals surface area contributed by atoms with Crippen LogP contribution in [0, 0.1) is 6.08 Å². The monoisotopic (exact) mass is 273 g/mol. The molecule has 0 aromatic rings. The molecule has 0 heterocycles. The molecule has 0 saturated heterocycles. The fraction of sp³-hybridized carbons (Fsp3) is 0.556. The van der Waals surface area contributed by atoms with Crippen molar-refractivity contribution in [3.8, 4) is 0 Å². The fourth-order valence-electron chi connectivity index (χ4n) is 1.04. The van der Waals surface area contributed by atoms with Crippen LogP contribution in [-0.2, 0) is 21.7 Å². The number of hydrogen-bond acceptors (Lipinski definition) is 1. The largest absolute Gasteiger partial charge is 0.268 e. The Morgan fingerprint density at radius 1 is 1.54 bits per heavy atom. The normalized spacial score (nSPS) is 14.8. The Bertz CT molecular complexity index is 169. The zero-order valence-corrected chi connectivity index (χ0v) is 11.9. The second-order valence-electron chi connectivity index (χ2n) is 2.34. The maximum absolute atomic E-state index is 3.33. The Kier molecular flexibility index (Phi) is 16.9. The summed E-state index contributed by atoms with van der Waals surface area (Å²) >= 11 is 1.98. The van der Waals surface area contributed by atoms with Crippen LogP contribution in [0.2, 0.25) is 0 Å². The predicted octanol–water partition coefficient (Wildman–Crippen LogP) is 3.66. The van der Waals surface area contributed by atoms with Crippen LogP contribution < -0.4 is 0 Å². The standard InChI is InChI=1S/C9H13S.2ClH.Ti/c1-3-10-8(2)9-6-4-5-7-9;;;/h4,6,8H,3,5H2,1-2H3;2*1H;/q-1;;;. The predicted molar refractivity (Wildman–Crippen MR) is 62.6 cm³/mol. The third kappa shape index (κ3) is 7.10. The maximum Gasteiger partial charge on any atom is 0 e. The first-order valence-corrected chi connectivity index (χ1v) is 4.78. The van der Waals surface area contributed by atoms with Gasteiger partial charge in [-0.3, -0.25) is 6.08 Å². The first-order chi connectivity index (χ1) is 4.84. The summed E-state index contributed by atoms with van der Waals surface area (Å²) in [4.78, 5) is 0. The van der Waals surface area contributed by atoms with Gasteiger partial charge in [-0.25, -0.2) is 11.6 Å². The third-order valence-corrected chi connectivity index (χ3v) is 2.66. The van der Waals surface area contributed by atoms with Gasteiger partial charge in [-0.15, -0.1) is 31.2 Å². The molecule has 13 heavy (non-hydrogen) atoms. The summed E-state index contributed by atoms with van der Waals surface area (Å²) in [7, 11) is 0. The average Bonchev–Trinajstić information content (AvgIpc) is 2.38. The molecule has 0 aromatic heterocycles. The van der Waals surface area contributed by atoms with Crippen molar-refractivity contribution in [3.05, 3.63) is 23.8 Å². The molecule has 1 unspecified atom stereocenters. The molecule has 0 saturated carbocycles. The Labute approximate surface area is 113 Å². The van der Waals surface area contributed by atoms with Crippen LogP contribution in [0.3, 0.4) is 0 Å². The topological polar surface area (TPSA) is 0 Å². The van der Waals surface area contributed by atoms with Crippen molar-refractivity contribution in [1.29, 1.82) is 0 Å². The van der Waals surface area contributed by atoms with Crippen LogP contribution in [0.1, 0.15) is 20.3 Å². The van der Waals surface area contributed by atoms with E-state index >= 15 is 0 Å². The van der Waals surface area contributed by atoms with E-state index in [9.17, 15) is 0 Å². The first kappa shape index (κ1) is 19.7. The summed E-state index contributed by atoms with van der Waals surface area (Å²) in [5.41, 5.74) is 1.38. The SMILES string of the molecule is CCSC(C)C1=[C-]CC=C1.Cl.Cl.[Ti]. The molecule has 0 aromatic carbocycles. The van der Waals surface area contributed by atoms with Crippen LogP contribution in [0.5, 0.6) is 0 Å². The molecule has 0 spiro atoms. The molecule has 4 heteroatoms. The number of thioether (sulfide) groups is 1. The molecule has 1 aliphatic carbocycles. The third-order valence-electron chi connectivity index (χ3n) is 1.58. The van der Waals surface area contributed by atoms with E-state index in [2.05, 4.69) is 32.1 Å². The molecule has 0 fully saturated rings. The van der Waals surface area contributed by atoms with Gasteiger partial charge in [0, 0.05) is 21.7 Å². The second kappa shape index (κ2) is 11.2. The van der Waals surface area contributed by atoms with E-state index in [0.717, 1.165) is 6.42 Å². The van der Waals surface area contributed by atoms with Crippen molar-refractivity contribution in [3.63, 3.8) is 0 Å². The van der Waals surface area contributed by atoms with Gasteiger partial charge in [0.2, 0.25) is 0 Å². The molecule has 0 bridgehead atoms. The minimum Gasteiger partial charge on any atom is -0.268 e. The van der Waals surface area contributed by atoms with Gasteiger partial charge in [0.1, 0.15) is 0 Å². The zero-order valence-electron chi connectivity index (χ0n) is 7.87. The van der Waals surface area contributed by atoms with E-state index in [1.165, 1.54) is 11.3 Å². The van der Waals surface area contributed by atoms with Gasteiger partial charge in [-0.1, -0.05) is 13.8 Å². The molecule has 0 aliphatic heterocycles. The van der Waals surface area contributed by atoms with Gasteiger partial charge in [-0.05, 0) is 11.0 Å². The van der Waals surface area contributed by atoms with Gasteiger partial charge in [0.05, 0.1) is 0 Å². The molecule has 1 rings (SSSR count). The van der Waals surface area contributed by atoms with Crippen molar-refractivity contribution in [1.82, 2.24) is 0 Å². The van der Waals surface area contributed by atoms with Gasteiger partial charge in [0.15, 0.2) is 0 Å². The zero-order chi connectivity index (χ0) is 7.40. The number of allylic oxidation sites excluding steroid dienone is 3. The fourth-order valence-corrected chi connectivity index (χ4v) is 1.88. The van der Waals surface area contributed by atoms with Crippen molar-refractivity contribution < 1.29 is 21.7 Å². The van der Waals surface area contributed by atoms with Crippen LogP contribution in [0.4, 0.5) is 0 Å². The Morgan fingerprint density at radius 3 is 2.54 bits per heavy atom. The molecular weight excluding hydrogens is 259 g/mol. The summed E-state index contributed by atoms with van der Waals surface area (Å²) in [6, 6.07) is 0. The van der Waals surface area contributed by atoms with E-state index < -0.39 is 0 Å². The molecule has 1 aliphatic rings. The van der Waals surface area contributed by atoms with Crippen molar-refractivity contribution in [2.75, 3.05) is 5.75 Å². The van der Waals surface area contributed by atoms with Crippen molar-refractivity contribution in [2.24, 2.45) is 0 Å². The molecular formula is C9H15Cl2STi-.